The van der Waals surface area contributed by atoms with Crippen LogP contribution in [0.5, 0.6) is 0 Å². The molecule has 0 saturated carbocycles. The van der Waals surface area contributed by atoms with Gasteiger partial charge in [0.2, 0.25) is 15.0 Å². The maximum atomic E-state index is 12.6. The predicted molar refractivity (Wildman–Crippen MR) is 77.1 cm³/mol. The van der Waals surface area contributed by atoms with E-state index in [0.29, 0.717) is 11.3 Å². The largest absolute Gasteiger partial charge is 0.435 e. The van der Waals surface area contributed by atoms with Crippen molar-refractivity contribution in [2.45, 2.75) is 11.3 Å². The van der Waals surface area contributed by atoms with Crippen molar-refractivity contribution in [2.24, 2.45) is 0 Å². The van der Waals surface area contributed by atoms with Gasteiger partial charge in [-0.1, -0.05) is 0 Å². The van der Waals surface area contributed by atoms with E-state index in [2.05, 4.69) is 20.3 Å². The molecule has 0 unspecified atom stereocenters. The summed E-state index contributed by atoms with van der Waals surface area (Å²) in [5.74, 6) is 0.165. The lowest BCUT2D eigenvalue weighted by atomic mass is 10.2. The van der Waals surface area contributed by atoms with E-state index in [9.17, 15) is 21.6 Å². The van der Waals surface area contributed by atoms with E-state index in [4.69, 9.17) is 0 Å². The highest BCUT2D eigenvalue weighted by atomic mass is 32.2. The van der Waals surface area contributed by atoms with Crippen molar-refractivity contribution in [1.82, 2.24) is 25.0 Å². The van der Waals surface area contributed by atoms with Gasteiger partial charge >= 0.3 is 6.18 Å². The van der Waals surface area contributed by atoms with Crippen molar-refractivity contribution >= 4 is 9.84 Å². The van der Waals surface area contributed by atoms with Crippen molar-refractivity contribution in [1.29, 1.82) is 0 Å². The highest BCUT2D eigenvalue weighted by Gasteiger charge is 2.33. The molecule has 0 fully saturated rings. The molecule has 0 aliphatic carbocycles. The third kappa shape index (κ3) is 3.15. The molecule has 2 heterocycles. The first-order valence-corrected chi connectivity index (χ1v) is 8.40. The molecular formula is C13H10F3N5O2S. The number of hydrogen-bond acceptors (Lipinski definition) is 5. The number of alkyl halides is 3. The molecule has 24 heavy (non-hydrogen) atoms. The molecule has 0 bridgehead atoms. The van der Waals surface area contributed by atoms with Crippen LogP contribution in [0.2, 0.25) is 0 Å². The number of sulfone groups is 1. The summed E-state index contributed by atoms with van der Waals surface area (Å²) in [5, 5.41) is 9.33. The molecule has 0 atom stereocenters. The van der Waals surface area contributed by atoms with Crippen LogP contribution in [0.15, 0.2) is 41.7 Å². The number of nitrogens with zero attached hydrogens (tertiary/aromatic N) is 4. The molecule has 3 aromatic rings. The lowest BCUT2D eigenvalue weighted by Gasteiger charge is -2.03. The van der Waals surface area contributed by atoms with E-state index in [1.165, 1.54) is 18.3 Å². The Morgan fingerprint density at radius 2 is 1.79 bits per heavy atom. The number of H-pyrrole nitrogens is 1. The van der Waals surface area contributed by atoms with Gasteiger partial charge in [0.05, 0.1) is 5.69 Å². The molecule has 0 spiro atoms. The minimum absolute atomic E-state index is 0.165. The fraction of sp³-hybridized carbons (Fsp3) is 0.154. The first kappa shape index (κ1) is 16.2. The third-order valence-corrected chi connectivity index (χ3v) is 3.97. The van der Waals surface area contributed by atoms with Crippen LogP contribution in [0.3, 0.4) is 0 Å². The van der Waals surface area contributed by atoms with Gasteiger partial charge in [0.1, 0.15) is 0 Å². The molecule has 0 aliphatic heterocycles. The second kappa shape index (κ2) is 5.44. The maximum Gasteiger partial charge on any atom is 0.435 e. The second-order valence-electron chi connectivity index (χ2n) is 4.93. The number of nitrogens with one attached hydrogen (secondary N) is 1. The van der Waals surface area contributed by atoms with Crippen LogP contribution in [-0.2, 0) is 16.0 Å². The number of hydrogen-bond donors (Lipinski definition) is 1. The quantitative estimate of drug-likeness (QED) is 0.775. The standard InChI is InChI=1S/C13H10F3N5O2S/c1-24(22,23)12-17-11(18-19-12)8-2-4-9(5-3-8)21-7-6-10(20-21)13(14,15)16/h2-7H,1H3,(H,17,18,19). The highest BCUT2D eigenvalue weighted by Crippen LogP contribution is 2.28. The van der Waals surface area contributed by atoms with E-state index in [1.54, 1.807) is 12.1 Å². The summed E-state index contributed by atoms with van der Waals surface area (Å²) >= 11 is 0. The Bertz CT molecular complexity index is 974. The molecule has 1 aromatic carbocycles. The van der Waals surface area contributed by atoms with Crippen LogP contribution in [-0.4, -0.2) is 39.6 Å². The smallest absolute Gasteiger partial charge is 0.249 e. The fourth-order valence-corrected chi connectivity index (χ4v) is 2.39. The first-order valence-electron chi connectivity index (χ1n) is 6.51. The van der Waals surface area contributed by atoms with Crippen LogP contribution >= 0.6 is 0 Å². The van der Waals surface area contributed by atoms with Gasteiger partial charge in [-0.3, -0.25) is 0 Å². The summed E-state index contributed by atoms with van der Waals surface area (Å²) in [6.07, 6.45) is -2.31. The normalized spacial score (nSPS) is 12.5. The fourth-order valence-electron chi connectivity index (χ4n) is 1.92. The average molecular weight is 357 g/mol. The Balaban J connectivity index is 1.88. The lowest BCUT2D eigenvalue weighted by Crippen LogP contribution is -2.07. The van der Waals surface area contributed by atoms with Gasteiger partial charge in [-0.05, 0) is 30.3 Å². The van der Waals surface area contributed by atoms with Crippen molar-refractivity contribution in [3.63, 3.8) is 0 Å². The van der Waals surface area contributed by atoms with E-state index in [0.717, 1.165) is 17.0 Å². The van der Waals surface area contributed by atoms with E-state index >= 15 is 0 Å². The number of halogens is 3. The molecule has 7 nitrogen and oxygen atoms in total. The minimum Gasteiger partial charge on any atom is -0.249 e. The Hall–Kier alpha value is -2.69. The molecule has 0 saturated heterocycles. The third-order valence-electron chi connectivity index (χ3n) is 3.09. The van der Waals surface area contributed by atoms with Crippen LogP contribution in [0.4, 0.5) is 13.2 Å². The molecular weight excluding hydrogens is 347 g/mol. The van der Waals surface area contributed by atoms with Crippen molar-refractivity contribution in [3.05, 3.63) is 42.2 Å². The molecule has 126 valence electrons. The summed E-state index contributed by atoms with van der Waals surface area (Å²) in [5.41, 5.74) is -0.0699. The second-order valence-corrected chi connectivity index (χ2v) is 6.86. The van der Waals surface area contributed by atoms with E-state index in [-0.39, 0.29) is 11.0 Å². The Labute approximate surface area is 134 Å². The maximum absolute atomic E-state index is 12.6. The van der Waals surface area contributed by atoms with Crippen LogP contribution in [0, 0.1) is 0 Å². The van der Waals surface area contributed by atoms with Crippen molar-refractivity contribution in [2.75, 3.05) is 6.26 Å². The van der Waals surface area contributed by atoms with Crippen LogP contribution in [0.25, 0.3) is 17.1 Å². The van der Waals surface area contributed by atoms with Gasteiger partial charge in [-0.2, -0.15) is 28.4 Å². The van der Waals surface area contributed by atoms with E-state index < -0.39 is 21.7 Å². The summed E-state index contributed by atoms with van der Waals surface area (Å²) < 4.78 is 61.5. The van der Waals surface area contributed by atoms with Crippen molar-refractivity contribution in [3.8, 4) is 17.1 Å². The zero-order valence-electron chi connectivity index (χ0n) is 12.1. The highest BCUT2D eigenvalue weighted by molar-refractivity contribution is 7.90. The topological polar surface area (TPSA) is 93.5 Å². The predicted octanol–water partition coefficient (Wildman–Crippen LogP) is 2.08. The Kier molecular flexibility index (Phi) is 3.67. The zero-order chi connectivity index (χ0) is 17.5. The minimum atomic E-state index is -4.51. The molecule has 2 aromatic heterocycles. The zero-order valence-corrected chi connectivity index (χ0v) is 12.9. The first-order chi connectivity index (χ1) is 11.1. The van der Waals surface area contributed by atoms with Gasteiger partial charge in [-0.25, -0.2) is 18.2 Å². The summed E-state index contributed by atoms with van der Waals surface area (Å²) in [6, 6.07) is 7.04. The lowest BCUT2D eigenvalue weighted by molar-refractivity contribution is -0.141. The number of benzene rings is 1. The Morgan fingerprint density at radius 3 is 2.29 bits per heavy atom. The van der Waals surface area contributed by atoms with Crippen molar-refractivity contribution < 1.29 is 21.6 Å². The van der Waals surface area contributed by atoms with Crippen LogP contribution < -0.4 is 0 Å². The van der Waals surface area contributed by atoms with Crippen LogP contribution in [0.1, 0.15) is 5.69 Å². The molecule has 3 rings (SSSR count). The van der Waals surface area contributed by atoms with Gasteiger partial charge in [-0.15, -0.1) is 0 Å². The Morgan fingerprint density at radius 1 is 1.12 bits per heavy atom. The average Bonchev–Trinajstić information content (AvgIpc) is 3.16. The van der Waals surface area contributed by atoms with Gasteiger partial charge in [0.25, 0.3) is 0 Å². The molecule has 0 aliphatic rings. The summed E-state index contributed by atoms with van der Waals surface area (Å²) in [6.45, 7) is 0. The number of rotatable bonds is 3. The number of aromatic amines is 1. The van der Waals surface area contributed by atoms with Gasteiger partial charge < -0.3 is 0 Å². The van der Waals surface area contributed by atoms with Gasteiger partial charge in [0, 0.05) is 18.0 Å². The molecule has 1 N–H and O–H groups in total. The SMILES string of the molecule is CS(=O)(=O)c1nc(-c2ccc(-n3ccc(C(F)(F)F)n3)cc2)n[nH]1. The van der Waals surface area contributed by atoms with Gasteiger partial charge in [0.15, 0.2) is 11.5 Å². The van der Waals surface area contributed by atoms with E-state index in [1.807, 2.05) is 0 Å². The molecule has 0 amide bonds. The number of aromatic nitrogens is 5. The summed E-state index contributed by atoms with van der Waals surface area (Å²) in [4.78, 5) is 3.86. The summed E-state index contributed by atoms with van der Waals surface area (Å²) in [7, 11) is -3.50. The molecule has 0 radical (unpaired) electrons. The monoisotopic (exact) mass is 357 g/mol. The molecule has 11 heteroatoms.